The van der Waals surface area contributed by atoms with Crippen molar-refractivity contribution < 1.29 is 28.6 Å². The van der Waals surface area contributed by atoms with Gasteiger partial charge in [0.2, 0.25) is 0 Å². The zero-order valence-electron chi connectivity index (χ0n) is 8.28. The van der Waals surface area contributed by atoms with E-state index in [1.807, 2.05) is 0 Å². The lowest BCUT2D eigenvalue weighted by Gasteiger charge is -2.19. The van der Waals surface area contributed by atoms with Gasteiger partial charge >= 0.3 is 6.18 Å². The number of oxime groups is 1. The summed E-state index contributed by atoms with van der Waals surface area (Å²) < 4.78 is 37.0. The SMILES string of the molecule is NC(=NO)C(CNCC(O)CO)C(F)(F)F. The second kappa shape index (κ2) is 6.51. The molecule has 0 saturated heterocycles. The van der Waals surface area contributed by atoms with Gasteiger partial charge in [0, 0.05) is 13.1 Å². The number of aliphatic hydroxyl groups excluding tert-OH is 2. The van der Waals surface area contributed by atoms with Gasteiger partial charge in [-0.05, 0) is 0 Å². The van der Waals surface area contributed by atoms with E-state index in [4.69, 9.17) is 21.2 Å². The molecular weight excluding hydrogens is 231 g/mol. The van der Waals surface area contributed by atoms with Crippen molar-refractivity contribution in [2.75, 3.05) is 19.7 Å². The molecule has 0 aromatic carbocycles. The van der Waals surface area contributed by atoms with E-state index >= 15 is 0 Å². The standard InChI is InChI=1S/C7H14F3N3O3/c8-7(9,10)5(6(11)13-16)2-12-1-4(15)3-14/h4-5,12,14-16H,1-3H2,(H2,11,13). The average molecular weight is 245 g/mol. The molecular formula is C7H14F3N3O3. The maximum Gasteiger partial charge on any atom is 0.400 e. The molecule has 96 valence electrons. The summed E-state index contributed by atoms with van der Waals surface area (Å²) in [6.07, 6.45) is -5.80. The predicted molar refractivity (Wildman–Crippen MR) is 48.9 cm³/mol. The van der Waals surface area contributed by atoms with Gasteiger partial charge in [0.05, 0.1) is 12.7 Å². The van der Waals surface area contributed by atoms with Gasteiger partial charge < -0.3 is 26.5 Å². The van der Waals surface area contributed by atoms with Crippen LogP contribution in [0.4, 0.5) is 13.2 Å². The summed E-state index contributed by atoms with van der Waals surface area (Å²) in [6, 6.07) is 0. The van der Waals surface area contributed by atoms with Gasteiger partial charge in [-0.3, -0.25) is 0 Å². The highest BCUT2D eigenvalue weighted by atomic mass is 19.4. The molecule has 0 heterocycles. The number of amidine groups is 1. The molecule has 9 heteroatoms. The third kappa shape index (κ3) is 5.14. The van der Waals surface area contributed by atoms with Crippen LogP contribution in [-0.2, 0) is 0 Å². The van der Waals surface area contributed by atoms with Crippen molar-refractivity contribution in [3.05, 3.63) is 0 Å². The molecule has 0 fully saturated rings. The summed E-state index contributed by atoms with van der Waals surface area (Å²) in [6.45, 7) is -1.43. The van der Waals surface area contributed by atoms with Crippen LogP contribution in [-0.4, -0.2) is 53.2 Å². The molecule has 2 atom stereocenters. The van der Waals surface area contributed by atoms with Gasteiger partial charge in [0.25, 0.3) is 0 Å². The molecule has 6 N–H and O–H groups in total. The van der Waals surface area contributed by atoms with Crippen LogP contribution < -0.4 is 11.1 Å². The summed E-state index contributed by atoms with van der Waals surface area (Å²) in [7, 11) is 0. The summed E-state index contributed by atoms with van der Waals surface area (Å²) in [4.78, 5) is 0. The van der Waals surface area contributed by atoms with Crippen molar-refractivity contribution in [1.82, 2.24) is 5.32 Å². The van der Waals surface area contributed by atoms with E-state index in [1.165, 1.54) is 0 Å². The van der Waals surface area contributed by atoms with Gasteiger partial charge in [0.1, 0.15) is 5.92 Å². The van der Waals surface area contributed by atoms with E-state index in [9.17, 15) is 13.2 Å². The number of nitrogens with two attached hydrogens (primary N) is 1. The van der Waals surface area contributed by atoms with E-state index in [0.29, 0.717) is 0 Å². The summed E-state index contributed by atoms with van der Waals surface area (Å²) >= 11 is 0. The Balaban J connectivity index is 4.25. The fourth-order valence-corrected chi connectivity index (χ4v) is 0.917. The predicted octanol–water partition coefficient (Wildman–Crippen LogP) is -1.15. The van der Waals surface area contributed by atoms with Crippen molar-refractivity contribution in [2.24, 2.45) is 16.8 Å². The molecule has 0 aliphatic carbocycles. The molecule has 0 bridgehead atoms. The third-order valence-corrected chi connectivity index (χ3v) is 1.81. The number of hydrogen-bond donors (Lipinski definition) is 5. The normalized spacial score (nSPS) is 17.2. The van der Waals surface area contributed by atoms with E-state index in [1.54, 1.807) is 0 Å². The molecule has 6 nitrogen and oxygen atoms in total. The van der Waals surface area contributed by atoms with Gasteiger partial charge in [-0.25, -0.2) is 0 Å². The highest BCUT2D eigenvalue weighted by molar-refractivity contribution is 5.83. The van der Waals surface area contributed by atoms with Crippen LogP contribution >= 0.6 is 0 Å². The molecule has 0 amide bonds. The van der Waals surface area contributed by atoms with E-state index < -0.39 is 37.2 Å². The Hall–Kier alpha value is -1.06. The second-order valence-electron chi connectivity index (χ2n) is 3.11. The van der Waals surface area contributed by atoms with Crippen LogP contribution in [0.25, 0.3) is 0 Å². The number of hydrogen-bond acceptors (Lipinski definition) is 5. The Bertz CT molecular complexity index is 235. The molecule has 0 radical (unpaired) electrons. The number of aliphatic hydroxyl groups is 2. The van der Waals surface area contributed by atoms with E-state index in [0.717, 1.165) is 0 Å². The van der Waals surface area contributed by atoms with Crippen LogP contribution in [0, 0.1) is 5.92 Å². The van der Waals surface area contributed by atoms with Crippen LogP contribution in [0.2, 0.25) is 0 Å². The van der Waals surface area contributed by atoms with Crippen LogP contribution in [0.5, 0.6) is 0 Å². The zero-order chi connectivity index (χ0) is 12.8. The molecule has 0 aromatic heterocycles. The number of nitrogens with zero attached hydrogens (tertiary/aromatic N) is 1. The van der Waals surface area contributed by atoms with Crippen LogP contribution in [0.3, 0.4) is 0 Å². The average Bonchev–Trinajstić information content (AvgIpc) is 2.21. The van der Waals surface area contributed by atoms with Crippen molar-refractivity contribution in [3.8, 4) is 0 Å². The highest BCUT2D eigenvalue weighted by Gasteiger charge is 2.42. The largest absolute Gasteiger partial charge is 0.409 e. The quantitative estimate of drug-likeness (QED) is 0.176. The van der Waals surface area contributed by atoms with E-state index in [-0.39, 0.29) is 6.54 Å². The molecule has 0 aliphatic rings. The molecule has 0 aromatic rings. The lowest BCUT2D eigenvalue weighted by molar-refractivity contribution is -0.155. The van der Waals surface area contributed by atoms with Gasteiger partial charge in [-0.1, -0.05) is 5.16 Å². The minimum Gasteiger partial charge on any atom is -0.409 e. The summed E-state index contributed by atoms with van der Waals surface area (Å²) in [5.41, 5.74) is 4.88. The minimum absolute atomic E-state index is 0.220. The Kier molecular flexibility index (Phi) is 6.08. The lowest BCUT2D eigenvalue weighted by Crippen LogP contribution is -2.44. The van der Waals surface area contributed by atoms with Crippen LogP contribution in [0.15, 0.2) is 5.16 Å². The second-order valence-corrected chi connectivity index (χ2v) is 3.11. The number of alkyl halides is 3. The molecule has 2 unspecified atom stereocenters. The minimum atomic E-state index is -4.65. The Morgan fingerprint density at radius 3 is 2.31 bits per heavy atom. The van der Waals surface area contributed by atoms with E-state index in [2.05, 4.69) is 10.5 Å². The van der Waals surface area contributed by atoms with Crippen molar-refractivity contribution >= 4 is 5.84 Å². The first-order valence-corrected chi connectivity index (χ1v) is 4.36. The number of halogens is 3. The number of nitrogens with one attached hydrogen (secondary N) is 1. The van der Waals surface area contributed by atoms with Gasteiger partial charge in [-0.2, -0.15) is 13.2 Å². The summed E-state index contributed by atoms with van der Waals surface area (Å²) in [5.74, 6) is -3.10. The molecule has 0 saturated carbocycles. The number of rotatable bonds is 6. The zero-order valence-corrected chi connectivity index (χ0v) is 8.28. The molecule has 0 rings (SSSR count). The fourth-order valence-electron chi connectivity index (χ4n) is 0.917. The van der Waals surface area contributed by atoms with Gasteiger partial charge in [0.15, 0.2) is 5.84 Å². The fraction of sp³-hybridized carbons (Fsp3) is 0.857. The maximum atomic E-state index is 12.3. The Labute approximate surface area is 89.5 Å². The monoisotopic (exact) mass is 245 g/mol. The highest BCUT2D eigenvalue weighted by Crippen LogP contribution is 2.25. The van der Waals surface area contributed by atoms with Crippen molar-refractivity contribution in [1.29, 1.82) is 0 Å². The van der Waals surface area contributed by atoms with Gasteiger partial charge in [-0.15, -0.1) is 0 Å². The first-order valence-electron chi connectivity index (χ1n) is 4.36. The van der Waals surface area contributed by atoms with Crippen LogP contribution in [0.1, 0.15) is 0 Å². The third-order valence-electron chi connectivity index (χ3n) is 1.81. The lowest BCUT2D eigenvalue weighted by atomic mass is 10.1. The molecule has 0 spiro atoms. The maximum absolute atomic E-state index is 12.3. The topological polar surface area (TPSA) is 111 Å². The first-order chi connectivity index (χ1) is 7.32. The smallest absolute Gasteiger partial charge is 0.400 e. The molecule has 16 heavy (non-hydrogen) atoms. The Morgan fingerprint density at radius 2 is 1.94 bits per heavy atom. The van der Waals surface area contributed by atoms with Crippen molar-refractivity contribution in [2.45, 2.75) is 12.3 Å². The first kappa shape index (κ1) is 14.9. The van der Waals surface area contributed by atoms with Crippen molar-refractivity contribution in [3.63, 3.8) is 0 Å². The summed E-state index contributed by atoms with van der Waals surface area (Å²) in [5, 5.41) is 30.0. The molecule has 0 aliphatic heterocycles. The Morgan fingerprint density at radius 1 is 1.38 bits per heavy atom.